The number of nitrogens with one attached hydrogen (secondary N) is 1. The summed E-state index contributed by atoms with van der Waals surface area (Å²) in [6.45, 7) is 5.89. The van der Waals surface area contributed by atoms with Gasteiger partial charge < -0.3 is 10.1 Å². The molecule has 130 valence electrons. The fourth-order valence-corrected chi connectivity index (χ4v) is 3.95. The molecule has 1 atom stereocenters. The molecule has 0 spiro atoms. The van der Waals surface area contributed by atoms with Crippen LogP contribution in [-0.4, -0.2) is 12.6 Å². The molecule has 0 radical (unpaired) electrons. The number of halogens is 2. The molecule has 0 fully saturated rings. The maximum Gasteiger partial charge on any atom is 0.138 e. The van der Waals surface area contributed by atoms with Gasteiger partial charge in [0.05, 0.1) is 11.1 Å². The number of benzene rings is 2. The molecule has 4 heteroatoms. The molecule has 2 aromatic carbocycles. The van der Waals surface area contributed by atoms with Gasteiger partial charge in [-0.2, -0.15) is 0 Å². The molecule has 0 aliphatic carbocycles. The van der Waals surface area contributed by atoms with Gasteiger partial charge in [-0.3, -0.25) is 0 Å². The normalized spacial score (nSPS) is 12.2. The third-order valence-electron chi connectivity index (χ3n) is 3.89. The molecule has 24 heavy (non-hydrogen) atoms. The van der Waals surface area contributed by atoms with E-state index in [-0.39, 0.29) is 0 Å². The highest BCUT2D eigenvalue weighted by molar-refractivity contribution is 9.11. The molecule has 0 aliphatic rings. The van der Waals surface area contributed by atoms with Crippen LogP contribution in [0.1, 0.15) is 37.8 Å². The van der Waals surface area contributed by atoms with Crippen molar-refractivity contribution in [3.05, 3.63) is 62.5 Å². The quantitative estimate of drug-likeness (QED) is 0.493. The van der Waals surface area contributed by atoms with Crippen molar-refractivity contribution in [3.63, 3.8) is 0 Å². The molecule has 0 saturated carbocycles. The van der Waals surface area contributed by atoms with Gasteiger partial charge in [0.1, 0.15) is 5.75 Å². The third kappa shape index (κ3) is 6.23. The largest absolute Gasteiger partial charge is 0.492 e. The van der Waals surface area contributed by atoms with E-state index in [0.717, 1.165) is 47.1 Å². The first kappa shape index (κ1) is 19.5. The summed E-state index contributed by atoms with van der Waals surface area (Å²) in [7, 11) is 0. The zero-order valence-electron chi connectivity index (χ0n) is 14.3. The molecule has 2 nitrogen and oxygen atoms in total. The predicted molar refractivity (Wildman–Crippen MR) is 109 cm³/mol. The van der Waals surface area contributed by atoms with E-state index in [1.54, 1.807) is 0 Å². The summed E-state index contributed by atoms with van der Waals surface area (Å²) < 4.78 is 7.99. The third-order valence-corrected chi connectivity index (χ3v) is 4.93. The van der Waals surface area contributed by atoms with Crippen LogP contribution in [0, 0.1) is 0 Å². The Hall–Kier alpha value is -0.840. The van der Waals surface area contributed by atoms with E-state index in [2.05, 4.69) is 87.4 Å². The molecule has 0 amide bonds. The van der Waals surface area contributed by atoms with Crippen molar-refractivity contribution in [2.75, 3.05) is 6.61 Å². The minimum absolute atomic E-state index is 0.446. The van der Waals surface area contributed by atoms with Crippen molar-refractivity contribution in [2.45, 2.75) is 45.7 Å². The van der Waals surface area contributed by atoms with Crippen LogP contribution in [0.4, 0.5) is 0 Å². The fraction of sp³-hybridized carbons (Fsp3) is 0.400. The van der Waals surface area contributed by atoms with Crippen LogP contribution in [-0.2, 0) is 13.0 Å². The highest BCUT2D eigenvalue weighted by Gasteiger charge is 2.11. The van der Waals surface area contributed by atoms with Gasteiger partial charge in [0.25, 0.3) is 0 Å². The van der Waals surface area contributed by atoms with Crippen LogP contribution in [0.2, 0.25) is 0 Å². The van der Waals surface area contributed by atoms with E-state index in [1.165, 1.54) is 11.1 Å². The summed E-state index contributed by atoms with van der Waals surface area (Å²) in [5.41, 5.74) is 2.57. The minimum atomic E-state index is 0.446. The van der Waals surface area contributed by atoms with Gasteiger partial charge in [0.2, 0.25) is 0 Å². The summed E-state index contributed by atoms with van der Waals surface area (Å²) in [5, 5.41) is 3.62. The Bertz CT molecular complexity index is 631. The van der Waals surface area contributed by atoms with Crippen LogP contribution in [0.3, 0.4) is 0 Å². The molecule has 0 aromatic heterocycles. The summed E-state index contributed by atoms with van der Waals surface area (Å²) in [5.74, 6) is 0.947. The molecule has 2 rings (SSSR count). The monoisotopic (exact) mass is 453 g/mol. The Morgan fingerprint density at radius 2 is 1.88 bits per heavy atom. The molecule has 0 heterocycles. The van der Waals surface area contributed by atoms with Crippen LogP contribution < -0.4 is 10.1 Å². The first-order chi connectivity index (χ1) is 11.6. The zero-order valence-corrected chi connectivity index (χ0v) is 17.5. The topological polar surface area (TPSA) is 21.3 Å². The van der Waals surface area contributed by atoms with Gasteiger partial charge in [-0.25, -0.2) is 0 Å². The van der Waals surface area contributed by atoms with Crippen molar-refractivity contribution in [1.82, 2.24) is 5.32 Å². The van der Waals surface area contributed by atoms with Crippen molar-refractivity contribution in [1.29, 1.82) is 0 Å². The first-order valence-corrected chi connectivity index (χ1v) is 10.1. The molecule has 0 aliphatic heterocycles. The van der Waals surface area contributed by atoms with E-state index in [9.17, 15) is 0 Å². The minimum Gasteiger partial charge on any atom is -0.492 e. The van der Waals surface area contributed by atoms with Crippen LogP contribution in [0.15, 0.2) is 51.4 Å². The van der Waals surface area contributed by atoms with E-state index in [0.29, 0.717) is 6.04 Å². The maximum absolute atomic E-state index is 5.93. The van der Waals surface area contributed by atoms with Crippen molar-refractivity contribution in [2.24, 2.45) is 0 Å². The molecule has 2 aromatic rings. The second-order valence-corrected chi connectivity index (χ2v) is 7.80. The van der Waals surface area contributed by atoms with Crippen LogP contribution >= 0.6 is 31.9 Å². The molecular formula is C20H25Br2NO. The summed E-state index contributed by atoms with van der Waals surface area (Å²) in [4.78, 5) is 0. The van der Waals surface area contributed by atoms with Crippen molar-refractivity contribution >= 4 is 31.9 Å². The van der Waals surface area contributed by atoms with Crippen LogP contribution in [0.25, 0.3) is 0 Å². The lowest BCUT2D eigenvalue weighted by Crippen LogP contribution is -2.26. The van der Waals surface area contributed by atoms with Gasteiger partial charge in [0, 0.05) is 22.6 Å². The van der Waals surface area contributed by atoms with Crippen LogP contribution in [0.5, 0.6) is 5.75 Å². The fourth-order valence-electron chi connectivity index (χ4n) is 2.52. The van der Waals surface area contributed by atoms with Gasteiger partial charge in [0.15, 0.2) is 0 Å². The summed E-state index contributed by atoms with van der Waals surface area (Å²) in [6.07, 6.45) is 3.21. The van der Waals surface area contributed by atoms with E-state index in [4.69, 9.17) is 4.74 Å². The standard InChI is InChI=1S/C20H25Br2NO/c1-3-11-24-20-17(12-18(21)13-19(20)22)14-23-15(2)9-10-16-7-5-4-6-8-16/h4-8,12-13,15,23H,3,9-11,14H2,1-2H3/t15-/m1/s1. The molecular weight excluding hydrogens is 430 g/mol. The Kier molecular flexibility index (Phi) is 8.30. The second-order valence-electron chi connectivity index (χ2n) is 6.03. The van der Waals surface area contributed by atoms with Gasteiger partial charge in [-0.15, -0.1) is 0 Å². The number of aryl methyl sites for hydroxylation is 1. The zero-order chi connectivity index (χ0) is 17.4. The van der Waals surface area contributed by atoms with Crippen molar-refractivity contribution < 1.29 is 4.74 Å². The molecule has 1 N–H and O–H groups in total. The molecule has 0 unspecified atom stereocenters. The lowest BCUT2D eigenvalue weighted by Gasteiger charge is -2.17. The average molecular weight is 455 g/mol. The Balaban J connectivity index is 1.92. The van der Waals surface area contributed by atoms with Gasteiger partial charge >= 0.3 is 0 Å². The lowest BCUT2D eigenvalue weighted by molar-refractivity contribution is 0.310. The van der Waals surface area contributed by atoms with Crippen molar-refractivity contribution in [3.8, 4) is 5.75 Å². The second kappa shape index (κ2) is 10.2. The van der Waals surface area contributed by atoms with E-state index in [1.807, 2.05) is 6.07 Å². The molecule has 0 bridgehead atoms. The smallest absolute Gasteiger partial charge is 0.138 e. The highest BCUT2D eigenvalue weighted by Crippen LogP contribution is 2.33. The Morgan fingerprint density at radius 3 is 2.58 bits per heavy atom. The number of rotatable bonds is 9. The van der Waals surface area contributed by atoms with Gasteiger partial charge in [-0.05, 0) is 59.8 Å². The number of hydrogen-bond acceptors (Lipinski definition) is 2. The molecule has 0 saturated heterocycles. The Morgan fingerprint density at radius 1 is 1.12 bits per heavy atom. The SMILES string of the molecule is CCCOc1c(Br)cc(Br)cc1CN[C@H](C)CCc1ccccc1. The number of hydrogen-bond donors (Lipinski definition) is 1. The first-order valence-electron chi connectivity index (χ1n) is 8.48. The van der Waals surface area contributed by atoms with E-state index >= 15 is 0 Å². The summed E-state index contributed by atoms with van der Waals surface area (Å²) >= 11 is 7.18. The summed E-state index contributed by atoms with van der Waals surface area (Å²) in [6, 6.07) is 15.3. The van der Waals surface area contributed by atoms with E-state index < -0.39 is 0 Å². The highest BCUT2D eigenvalue weighted by atomic mass is 79.9. The lowest BCUT2D eigenvalue weighted by atomic mass is 10.1. The Labute approximate surface area is 162 Å². The van der Waals surface area contributed by atoms with Gasteiger partial charge in [-0.1, -0.05) is 53.2 Å². The number of ether oxygens (including phenoxy) is 1. The maximum atomic E-state index is 5.93. The predicted octanol–water partition coefficient (Wildman–Crippen LogP) is 6.11. The average Bonchev–Trinajstić information content (AvgIpc) is 2.58.